The maximum Gasteiger partial charge on any atom is 0.417 e. The second-order valence-electron chi connectivity index (χ2n) is 3.72. The van der Waals surface area contributed by atoms with Crippen molar-refractivity contribution < 1.29 is 14.0 Å². The van der Waals surface area contributed by atoms with E-state index in [9.17, 15) is 14.4 Å². The number of rotatable bonds is 3. The van der Waals surface area contributed by atoms with Crippen LogP contribution in [0.4, 0.5) is 0 Å². The molecular formula is C11H11N3O4. The zero-order chi connectivity index (χ0) is 13.1. The van der Waals surface area contributed by atoms with E-state index in [-0.39, 0.29) is 6.54 Å². The molecule has 4 N–H and O–H groups in total. The summed E-state index contributed by atoms with van der Waals surface area (Å²) in [5.74, 6) is -2.33. The number of oxazole rings is 1. The quantitative estimate of drug-likeness (QED) is 0.621. The summed E-state index contributed by atoms with van der Waals surface area (Å²) < 4.78 is 4.85. The number of aromatic amines is 1. The first-order chi connectivity index (χ1) is 8.56. The van der Waals surface area contributed by atoms with E-state index in [0.717, 1.165) is 5.56 Å². The zero-order valence-corrected chi connectivity index (χ0v) is 9.36. The Labute approximate surface area is 101 Å². The monoisotopic (exact) mass is 249 g/mol. The molecule has 0 aliphatic heterocycles. The van der Waals surface area contributed by atoms with Gasteiger partial charge >= 0.3 is 17.6 Å². The molecule has 1 aromatic carbocycles. The van der Waals surface area contributed by atoms with E-state index in [2.05, 4.69) is 10.3 Å². The van der Waals surface area contributed by atoms with E-state index in [1.807, 2.05) is 0 Å². The third-order valence-electron chi connectivity index (χ3n) is 2.41. The second-order valence-corrected chi connectivity index (χ2v) is 3.72. The summed E-state index contributed by atoms with van der Waals surface area (Å²) in [6.45, 7) is 0.287. The number of benzene rings is 1. The Morgan fingerprint density at radius 3 is 2.89 bits per heavy atom. The summed E-state index contributed by atoms with van der Waals surface area (Å²) in [5, 5.41) is 2.38. The number of amides is 2. The van der Waals surface area contributed by atoms with Crippen LogP contribution < -0.4 is 16.8 Å². The number of carbonyl (C=O) groups excluding carboxylic acids is 2. The lowest BCUT2D eigenvalue weighted by molar-refractivity contribution is -0.137. The van der Waals surface area contributed by atoms with Crippen molar-refractivity contribution in [2.75, 3.05) is 6.54 Å². The Hall–Kier alpha value is -2.57. The van der Waals surface area contributed by atoms with Gasteiger partial charge in [0.25, 0.3) is 0 Å². The third kappa shape index (κ3) is 2.57. The Morgan fingerprint density at radius 1 is 1.39 bits per heavy atom. The predicted octanol–water partition coefficient (Wildman–Crippen LogP) is -0.735. The van der Waals surface area contributed by atoms with Crippen LogP contribution in [0.3, 0.4) is 0 Å². The minimum Gasteiger partial charge on any atom is -0.408 e. The summed E-state index contributed by atoms with van der Waals surface area (Å²) in [6.07, 6.45) is 0.516. The van der Waals surface area contributed by atoms with Gasteiger partial charge in [0.2, 0.25) is 0 Å². The number of H-pyrrole nitrogens is 1. The number of primary amides is 1. The van der Waals surface area contributed by atoms with Gasteiger partial charge in [0.1, 0.15) is 0 Å². The zero-order valence-electron chi connectivity index (χ0n) is 9.36. The molecule has 0 saturated carbocycles. The second kappa shape index (κ2) is 4.74. The van der Waals surface area contributed by atoms with E-state index in [0.29, 0.717) is 17.5 Å². The van der Waals surface area contributed by atoms with Gasteiger partial charge in [-0.25, -0.2) is 4.79 Å². The molecule has 0 fully saturated rings. The van der Waals surface area contributed by atoms with E-state index in [1.54, 1.807) is 18.2 Å². The maximum absolute atomic E-state index is 10.9. The number of nitrogens with two attached hydrogens (primary N) is 1. The SMILES string of the molecule is NC(=O)C(=O)NCCc1ccc2oc(=O)[nH]c2c1. The number of carbonyl (C=O) groups is 2. The molecular weight excluding hydrogens is 238 g/mol. The number of aromatic nitrogens is 1. The summed E-state index contributed by atoms with van der Waals surface area (Å²) in [7, 11) is 0. The Kier molecular flexibility index (Phi) is 3.13. The molecule has 1 aromatic heterocycles. The van der Waals surface area contributed by atoms with E-state index >= 15 is 0 Å². The largest absolute Gasteiger partial charge is 0.417 e. The van der Waals surface area contributed by atoms with Crippen molar-refractivity contribution in [3.05, 3.63) is 34.3 Å². The molecule has 0 aliphatic rings. The first kappa shape index (κ1) is 11.9. The fourth-order valence-electron chi connectivity index (χ4n) is 1.56. The van der Waals surface area contributed by atoms with Crippen molar-refractivity contribution in [1.82, 2.24) is 10.3 Å². The van der Waals surface area contributed by atoms with Gasteiger partial charge in [0.15, 0.2) is 5.58 Å². The molecule has 0 saturated heterocycles. The molecule has 1 heterocycles. The lowest BCUT2D eigenvalue weighted by Crippen LogP contribution is -2.37. The Bertz CT molecular complexity index is 656. The van der Waals surface area contributed by atoms with Crippen LogP contribution in [-0.2, 0) is 16.0 Å². The minimum atomic E-state index is -1.01. The van der Waals surface area contributed by atoms with E-state index in [1.165, 1.54) is 0 Å². The van der Waals surface area contributed by atoms with Crippen LogP contribution in [0.15, 0.2) is 27.4 Å². The average Bonchev–Trinajstić information content (AvgIpc) is 2.68. The number of hydrogen-bond acceptors (Lipinski definition) is 4. The van der Waals surface area contributed by atoms with Gasteiger partial charge in [-0.2, -0.15) is 0 Å². The lowest BCUT2D eigenvalue weighted by atomic mass is 10.1. The van der Waals surface area contributed by atoms with Crippen LogP contribution in [0.2, 0.25) is 0 Å². The average molecular weight is 249 g/mol. The van der Waals surface area contributed by atoms with Crippen LogP contribution in [0.5, 0.6) is 0 Å². The molecule has 0 radical (unpaired) electrons. The number of hydrogen-bond donors (Lipinski definition) is 3. The Balaban J connectivity index is 2.01. The van der Waals surface area contributed by atoms with Crippen LogP contribution in [0.1, 0.15) is 5.56 Å². The van der Waals surface area contributed by atoms with Crippen LogP contribution in [0, 0.1) is 0 Å². The summed E-state index contributed by atoms with van der Waals surface area (Å²) in [6, 6.07) is 5.19. The van der Waals surface area contributed by atoms with Crippen LogP contribution >= 0.6 is 0 Å². The van der Waals surface area contributed by atoms with Gasteiger partial charge in [0.05, 0.1) is 5.52 Å². The molecule has 0 atom stereocenters. The van der Waals surface area contributed by atoms with Crippen molar-refractivity contribution in [3.63, 3.8) is 0 Å². The third-order valence-corrected chi connectivity index (χ3v) is 2.41. The topological polar surface area (TPSA) is 118 Å². The van der Waals surface area contributed by atoms with Crippen molar-refractivity contribution in [2.24, 2.45) is 5.73 Å². The van der Waals surface area contributed by atoms with Crippen molar-refractivity contribution >= 4 is 22.9 Å². The summed E-state index contributed by atoms with van der Waals surface area (Å²) in [5.41, 5.74) is 6.76. The van der Waals surface area contributed by atoms with Crippen molar-refractivity contribution in [2.45, 2.75) is 6.42 Å². The van der Waals surface area contributed by atoms with Gasteiger partial charge in [-0.05, 0) is 24.1 Å². The molecule has 94 valence electrons. The van der Waals surface area contributed by atoms with Crippen molar-refractivity contribution in [3.8, 4) is 0 Å². The summed E-state index contributed by atoms with van der Waals surface area (Å²) in [4.78, 5) is 34.9. The molecule has 0 unspecified atom stereocenters. The maximum atomic E-state index is 10.9. The van der Waals surface area contributed by atoms with Gasteiger partial charge < -0.3 is 15.5 Å². The number of fused-ring (bicyclic) bond motifs is 1. The normalized spacial score (nSPS) is 10.4. The highest BCUT2D eigenvalue weighted by molar-refractivity contribution is 6.34. The highest BCUT2D eigenvalue weighted by Gasteiger charge is 2.07. The van der Waals surface area contributed by atoms with Crippen LogP contribution in [-0.4, -0.2) is 23.3 Å². The summed E-state index contributed by atoms with van der Waals surface area (Å²) >= 11 is 0. The first-order valence-corrected chi connectivity index (χ1v) is 5.25. The van der Waals surface area contributed by atoms with E-state index < -0.39 is 17.6 Å². The molecule has 0 bridgehead atoms. The predicted molar refractivity (Wildman–Crippen MR) is 62.7 cm³/mol. The molecule has 0 spiro atoms. The molecule has 18 heavy (non-hydrogen) atoms. The Morgan fingerprint density at radius 2 is 2.17 bits per heavy atom. The lowest BCUT2D eigenvalue weighted by Gasteiger charge is -2.02. The highest BCUT2D eigenvalue weighted by Crippen LogP contribution is 2.12. The fourth-order valence-corrected chi connectivity index (χ4v) is 1.56. The number of nitrogens with one attached hydrogen (secondary N) is 2. The molecule has 2 amide bonds. The molecule has 2 aromatic rings. The minimum absolute atomic E-state index is 0.287. The smallest absolute Gasteiger partial charge is 0.408 e. The van der Waals surface area contributed by atoms with Gasteiger partial charge in [-0.3, -0.25) is 14.6 Å². The first-order valence-electron chi connectivity index (χ1n) is 5.25. The molecule has 7 heteroatoms. The van der Waals surface area contributed by atoms with Gasteiger partial charge in [-0.1, -0.05) is 6.07 Å². The van der Waals surface area contributed by atoms with Gasteiger partial charge in [0, 0.05) is 6.54 Å². The standard InChI is InChI=1S/C11H11N3O4/c12-9(15)10(16)13-4-3-6-1-2-8-7(5-6)14-11(17)18-8/h1-2,5H,3-4H2,(H2,12,15)(H,13,16)(H,14,17). The molecule has 2 rings (SSSR count). The molecule has 7 nitrogen and oxygen atoms in total. The highest BCUT2D eigenvalue weighted by atomic mass is 16.4. The van der Waals surface area contributed by atoms with Crippen molar-refractivity contribution in [1.29, 1.82) is 0 Å². The molecule has 0 aliphatic carbocycles. The van der Waals surface area contributed by atoms with Crippen LogP contribution in [0.25, 0.3) is 11.1 Å². The fraction of sp³-hybridized carbons (Fsp3) is 0.182. The van der Waals surface area contributed by atoms with Gasteiger partial charge in [-0.15, -0.1) is 0 Å². The van der Waals surface area contributed by atoms with E-state index in [4.69, 9.17) is 10.2 Å².